The lowest BCUT2D eigenvalue weighted by atomic mass is 10.2. The second kappa shape index (κ2) is 5.19. The normalized spacial score (nSPS) is 25.3. The Hall–Kier alpha value is -2.24. The molecule has 2 saturated carbocycles. The summed E-state index contributed by atoms with van der Waals surface area (Å²) in [7, 11) is 0. The Bertz CT molecular complexity index is 627. The molecular weight excluding hydrogens is 284 g/mol. The van der Waals surface area contributed by atoms with E-state index in [1.54, 1.807) is 18.2 Å². The first-order chi connectivity index (χ1) is 10.7. The van der Waals surface area contributed by atoms with Gasteiger partial charge in [-0.15, -0.1) is 0 Å². The van der Waals surface area contributed by atoms with Crippen molar-refractivity contribution in [1.29, 1.82) is 0 Å². The number of hydrogen-bond acceptors (Lipinski definition) is 4. The molecule has 0 radical (unpaired) electrons. The number of amides is 2. The molecule has 0 saturated heterocycles. The van der Waals surface area contributed by atoms with E-state index in [9.17, 15) is 9.59 Å². The smallest absolute Gasteiger partial charge is 0.228 e. The number of rotatable bonds is 4. The number of anilines is 1. The summed E-state index contributed by atoms with van der Waals surface area (Å²) < 4.78 is 10.9. The van der Waals surface area contributed by atoms with Gasteiger partial charge in [0.25, 0.3) is 0 Å². The summed E-state index contributed by atoms with van der Waals surface area (Å²) in [5.41, 5.74) is 0.669. The molecule has 3 aliphatic rings. The molecule has 0 aromatic heterocycles. The van der Waals surface area contributed by atoms with Gasteiger partial charge in [-0.2, -0.15) is 0 Å². The molecule has 1 aromatic rings. The SMILES string of the molecule is O=C(Nc1ccc2c(c1)OCCO2)C1CC1C(=O)NC1CC1. The van der Waals surface area contributed by atoms with Crippen molar-refractivity contribution in [3.05, 3.63) is 18.2 Å². The van der Waals surface area contributed by atoms with E-state index in [4.69, 9.17) is 9.47 Å². The van der Waals surface area contributed by atoms with Gasteiger partial charge in [-0.1, -0.05) is 0 Å². The summed E-state index contributed by atoms with van der Waals surface area (Å²) in [6.45, 7) is 1.05. The van der Waals surface area contributed by atoms with E-state index < -0.39 is 0 Å². The van der Waals surface area contributed by atoms with Gasteiger partial charge in [-0.05, 0) is 31.4 Å². The molecule has 116 valence electrons. The van der Waals surface area contributed by atoms with Crippen LogP contribution in [-0.4, -0.2) is 31.1 Å². The van der Waals surface area contributed by atoms with Crippen LogP contribution in [0.3, 0.4) is 0 Å². The maximum Gasteiger partial charge on any atom is 0.228 e. The van der Waals surface area contributed by atoms with Crippen LogP contribution in [0.5, 0.6) is 11.5 Å². The lowest BCUT2D eigenvalue weighted by molar-refractivity contribution is -0.125. The zero-order chi connectivity index (χ0) is 15.1. The van der Waals surface area contributed by atoms with E-state index in [-0.39, 0.29) is 23.7 Å². The summed E-state index contributed by atoms with van der Waals surface area (Å²) in [6, 6.07) is 5.67. The maximum atomic E-state index is 12.2. The minimum absolute atomic E-state index is 0.0184. The van der Waals surface area contributed by atoms with Gasteiger partial charge in [0.15, 0.2) is 11.5 Å². The Morgan fingerprint density at radius 3 is 2.50 bits per heavy atom. The van der Waals surface area contributed by atoms with E-state index in [1.807, 2.05) is 0 Å². The molecule has 2 unspecified atom stereocenters. The van der Waals surface area contributed by atoms with Crippen molar-refractivity contribution in [3.8, 4) is 11.5 Å². The number of hydrogen-bond donors (Lipinski definition) is 2. The minimum Gasteiger partial charge on any atom is -0.486 e. The monoisotopic (exact) mass is 302 g/mol. The van der Waals surface area contributed by atoms with E-state index in [0.29, 0.717) is 42.9 Å². The van der Waals surface area contributed by atoms with Crippen molar-refractivity contribution in [2.75, 3.05) is 18.5 Å². The van der Waals surface area contributed by atoms with Crippen molar-refractivity contribution in [3.63, 3.8) is 0 Å². The number of nitrogens with one attached hydrogen (secondary N) is 2. The first-order valence-corrected chi connectivity index (χ1v) is 7.71. The Morgan fingerprint density at radius 2 is 1.73 bits per heavy atom. The van der Waals surface area contributed by atoms with Gasteiger partial charge in [-0.25, -0.2) is 0 Å². The van der Waals surface area contributed by atoms with Crippen molar-refractivity contribution >= 4 is 17.5 Å². The predicted octanol–water partition coefficient (Wildman–Crippen LogP) is 1.31. The lowest BCUT2D eigenvalue weighted by Crippen LogP contribution is -2.29. The lowest BCUT2D eigenvalue weighted by Gasteiger charge is -2.19. The zero-order valence-electron chi connectivity index (χ0n) is 12.1. The van der Waals surface area contributed by atoms with Crippen LogP contribution in [0.25, 0.3) is 0 Å². The highest BCUT2D eigenvalue weighted by Crippen LogP contribution is 2.41. The van der Waals surface area contributed by atoms with Gasteiger partial charge in [0.1, 0.15) is 13.2 Å². The Labute approximate surface area is 128 Å². The second-order valence-electron chi connectivity index (χ2n) is 6.08. The first kappa shape index (κ1) is 13.4. The van der Waals surface area contributed by atoms with E-state index in [1.165, 1.54) is 0 Å². The fourth-order valence-electron chi connectivity index (χ4n) is 2.67. The average Bonchev–Trinajstić information content (AvgIpc) is 3.40. The molecule has 2 atom stereocenters. The second-order valence-corrected chi connectivity index (χ2v) is 6.08. The number of benzene rings is 1. The van der Waals surface area contributed by atoms with Crippen molar-refractivity contribution in [2.24, 2.45) is 11.8 Å². The van der Waals surface area contributed by atoms with E-state index in [2.05, 4.69) is 10.6 Å². The molecule has 2 aliphatic carbocycles. The minimum atomic E-state index is -0.216. The van der Waals surface area contributed by atoms with Gasteiger partial charge in [0.2, 0.25) is 11.8 Å². The molecule has 0 spiro atoms. The number of carbonyl (C=O) groups excluding carboxylic acids is 2. The van der Waals surface area contributed by atoms with Crippen LogP contribution in [0, 0.1) is 11.8 Å². The molecule has 2 N–H and O–H groups in total. The van der Waals surface area contributed by atoms with E-state index in [0.717, 1.165) is 12.8 Å². The highest BCUT2D eigenvalue weighted by Gasteiger charge is 2.48. The first-order valence-electron chi connectivity index (χ1n) is 7.71. The summed E-state index contributed by atoms with van der Waals surface area (Å²) in [4.78, 5) is 24.1. The highest BCUT2D eigenvalue weighted by atomic mass is 16.6. The van der Waals surface area contributed by atoms with Gasteiger partial charge in [-0.3, -0.25) is 9.59 Å². The quantitative estimate of drug-likeness (QED) is 0.879. The third kappa shape index (κ3) is 2.73. The van der Waals surface area contributed by atoms with Crippen molar-refractivity contribution in [2.45, 2.75) is 25.3 Å². The molecule has 2 fully saturated rings. The molecule has 22 heavy (non-hydrogen) atoms. The Morgan fingerprint density at radius 1 is 1.00 bits per heavy atom. The van der Waals surface area contributed by atoms with Gasteiger partial charge in [0, 0.05) is 17.8 Å². The molecule has 1 aromatic carbocycles. The predicted molar refractivity (Wildman–Crippen MR) is 78.8 cm³/mol. The Balaban J connectivity index is 1.35. The van der Waals surface area contributed by atoms with Gasteiger partial charge >= 0.3 is 0 Å². The fourth-order valence-corrected chi connectivity index (χ4v) is 2.67. The van der Waals surface area contributed by atoms with Crippen LogP contribution < -0.4 is 20.1 Å². The molecule has 1 aliphatic heterocycles. The van der Waals surface area contributed by atoms with Gasteiger partial charge in [0.05, 0.1) is 11.8 Å². The number of fused-ring (bicyclic) bond motifs is 1. The van der Waals surface area contributed by atoms with Crippen molar-refractivity contribution in [1.82, 2.24) is 5.32 Å². The van der Waals surface area contributed by atoms with Crippen LogP contribution in [-0.2, 0) is 9.59 Å². The Kier molecular flexibility index (Phi) is 3.17. The molecule has 6 nitrogen and oxygen atoms in total. The van der Waals surface area contributed by atoms with Crippen LogP contribution >= 0.6 is 0 Å². The van der Waals surface area contributed by atoms with Crippen LogP contribution in [0.4, 0.5) is 5.69 Å². The maximum absolute atomic E-state index is 12.2. The highest BCUT2D eigenvalue weighted by molar-refractivity contribution is 5.99. The third-order valence-electron chi connectivity index (χ3n) is 4.20. The number of carbonyl (C=O) groups is 2. The van der Waals surface area contributed by atoms with Crippen LogP contribution in [0.15, 0.2) is 18.2 Å². The molecule has 0 bridgehead atoms. The van der Waals surface area contributed by atoms with Gasteiger partial charge < -0.3 is 20.1 Å². The fraction of sp³-hybridized carbons (Fsp3) is 0.500. The van der Waals surface area contributed by atoms with Crippen LogP contribution in [0.2, 0.25) is 0 Å². The third-order valence-corrected chi connectivity index (χ3v) is 4.20. The standard InChI is InChI=1S/C16H18N2O4/c19-15(17-9-1-2-9)11-8-12(11)16(20)18-10-3-4-13-14(7-10)22-6-5-21-13/h3-4,7,9,11-12H,1-2,5-6,8H2,(H,17,19)(H,18,20). The summed E-state index contributed by atoms with van der Waals surface area (Å²) in [5, 5.41) is 5.80. The molecule has 4 rings (SSSR count). The topological polar surface area (TPSA) is 76.7 Å². The largest absolute Gasteiger partial charge is 0.486 e. The molecular formula is C16H18N2O4. The van der Waals surface area contributed by atoms with Crippen molar-refractivity contribution < 1.29 is 19.1 Å². The van der Waals surface area contributed by atoms with Crippen LogP contribution in [0.1, 0.15) is 19.3 Å². The molecule has 6 heteroatoms. The average molecular weight is 302 g/mol. The summed E-state index contributed by atoms with van der Waals surface area (Å²) in [5.74, 6) is 0.863. The molecule has 1 heterocycles. The van der Waals surface area contributed by atoms with E-state index >= 15 is 0 Å². The summed E-state index contributed by atoms with van der Waals surface area (Å²) >= 11 is 0. The summed E-state index contributed by atoms with van der Waals surface area (Å²) in [6.07, 6.45) is 2.76. The number of ether oxygens (including phenoxy) is 2. The molecule has 2 amide bonds. The zero-order valence-corrected chi connectivity index (χ0v) is 12.1.